The molecule has 1 rings (SSSR count). The Morgan fingerprint density at radius 3 is 2.60 bits per heavy atom. The molecule has 1 N–H and O–H groups in total. The molecular weight excluding hydrogens is 132 g/mol. The topological polar surface area (TPSA) is 50.7 Å². The standard InChI is InChI=1S/C6H12N2O2/c9-8-10-7-6-4-2-1-3-5-6/h6-7H,1-5H2. The number of nitrogens with one attached hydrogen (secondary N) is 1. The number of hydroxylamine groups is 1. The van der Waals surface area contributed by atoms with Crippen molar-refractivity contribution in [3.63, 3.8) is 0 Å². The highest BCUT2D eigenvalue weighted by atomic mass is 16.8. The van der Waals surface area contributed by atoms with E-state index in [4.69, 9.17) is 0 Å². The first-order valence-electron chi connectivity index (χ1n) is 3.67. The van der Waals surface area contributed by atoms with Gasteiger partial charge in [-0.25, -0.2) is 0 Å². The summed E-state index contributed by atoms with van der Waals surface area (Å²) in [6.07, 6.45) is 5.93. The molecule has 1 saturated carbocycles. The molecular formula is C6H12N2O2. The van der Waals surface area contributed by atoms with E-state index in [0.29, 0.717) is 6.04 Å². The average Bonchev–Trinajstić information content (AvgIpc) is 2.03. The molecule has 4 heteroatoms. The van der Waals surface area contributed by atoms with E-state index < -0.39 is 0 Å². The predicted octanol–water partition coefficient (Wildman–Crippen LogP) is 1.52. The number of rotatable bonds is 3. The minimum Gasteiger partial charge on any atom is -0.263 e. The van der Waals surface area contributed by atoms with Crippen LogP contribution in [0.5, 0.6) is 0 Å². The minimum absolute atomic E-state index is 0.339. The molecule has 0 aromatic rings. The van der Waals surface area contributed by atoms with Crippen molar-refractivity contribution in [2.24, 2.45) is 5.34 Å². The highest BCUT2D eigenvalue weighted by molar-refractivity contribution is 4.67. The lowest BCUT2D eigenvalue weighted by Gasteiger charge is -2.19. The Labute approximate surface area is 59.8 Å². The van der Waals surface area contributed by atoms with Crippen molar-refractivity contribution in [2.75, 3.05) is 0 Å². The molecule has 0 heterocycles. The molecule has 0 aliphatic heterocycles. The fourth-order valence-electron chi connectivity index (χ4n) is 1.32. The molecule has 1 aliphatic rings. The van der Waals surface area contributed by atoms with Crippen LogP contribution in [0.4, 0.5) is 0 Å². The lowest BCUT2D eigenvalue weighted by molar-refractivity contribution is 0.00796. The maximum atomic E-state index is 9.51. The van der Waals surface area contributed by atoms with E-state index in [2.05, 4.69) is 15.8 Å². The van der Waals surface area contributed by atoms with Gasteiger partial charge in [-0.1, -0.05) is 19.3 Å². The Bertz CT molecular complexity index is 102. The number of nitrogens with zero attached hydrogens (tertiary/aromatic N) is 1. The van der Waals surface area contributed by atoms with Gasteiger partial charge in [-0.05, 0) is 12.8 Å². The molecule has 1 aliphatic carbocycles. The van der Waals surface area contributed by atoms with Crippen LogP contribution in [0.25, 0.3) is 0 Å². The van der Waals surface area contributed by atoms with Crippen molar-refractivity contribution < 1.29 is 4.94 Å². The fraction of sp³-hybridized carbons (Fsp3) is 1.00. The van der Waals surface area contributed by atoms with E-state index >= 15 is 0 Å². The highest BCUT2D eigenvalue weighted by Crippen LogP contribution is 2.16. The van der Waals surface area contributed by atoms with Crippen LogP contribution in [0, 0.1) is 4.91 Å². The molecule has 0 aromatic carbocycles. The molecule has 0 aromatic heterocycles. The smallest absolute Gasteiger partial charge is 0.176 e. The van der Waals surface area contributed by atoms with Crippen molar-refractivity contribution in [1.29, 1.82) is 0 Å². The van der Waals surface area contributed by atoms with Crippen LogP contribution in [0.15, 0.2) is 5.34 Å². The van der Waals surface area contributed by atoms with Crippen LogP contribution in [0.3, 0.4) is 0 Å². The van der Waals surface area contributed by atoms with E-state index in [1.54, 1.807) is 0 Å². The summed E-state index contributed by atoms with van der Waals surface area (Å²) in [6, 6.07) is 0.339. The third kappa shape index (κ3) is 2.31. The van der Waals surface area contributed by atoms with Crippen LogP contribution in [-0.2, 0) is 4.94 Å². The fourth-order valence-corrected chi connectivity index (χ4v) is 1.32. The Morgan fingerprint density at radius 1 is 1.30 bits per heavy atom. The van der Waals surface area contributed by atoms with Gasteiger partial charge in [0, 0.05) is 6.04 Å². The summed E-state index contributed by atoms with van der Waals surface area (Å²) in [5.74, 6) is 0. The van der Waals surface area contributed by atoms with E-state index in [1.807, 2.05) is 0 Å². The maximum absolute atomic E-state index is 9.51. The molecule has 0 unspecified atom stereocenters. The van der Waals surface area contributed by atoms with Gasteiger partial charge in [0.2, 0.25) is 0 Å². The normalized spacial score (nSPS) is 20.4. The van der Waals surface area contributed by atoms with Gasteiger partial charge in [0.05, 0.1) is 0 Å². The lowest BCUT2D eigenvalue weighted by atomic mass is 9.96. The molecule has 4 nitrogen and oxygen atoms in total. The van der Waals surface area contributed by atoms with Crippen LogP contribution < -0.4 is 5.48 Å². The van der Waals surface area contributed by atoms with Crippen molar-refractivity contribution >= 4 is 0 Å². The number of hydrogen-bond donors (Lipinski definition) is 1. The largest absolute Gasteiger partial charge is 0.263 e. The summed E-state index contributed by atoms with van der Waals surface area (Å²) in [4.78, 5) is 13.7. The van der Waals surface area contributed by atoms with Gasteiger partial charge in [-0.2, -0.15) is 0 Å². The third-order valence-corrected chi connectivity index (χ3v) is 1.86. The van der Waals surface area contributed by atoms with Crippen LogP contribution in [-0.4, -0.2) is 6.04 Å². The van der Waals surface area contributed by atoms with Crippen molar-refractivity contribution in [1.82, 2.24) is 5.48 Å². The van der Waals surface area contributed by atoms with Crippen LogP contribution in [0.1, 0.15) is 32.1 Å². The predicted molar refractivity (Wildman–Crippen MR) is 36.9 cm³/mol. The summed E-state index contributed by atoms with van der Waals surface area (Å²) >= 11 is 0. The van der Waals surface area contributed by atoms with Gasteiger partial charge in [0.15, 0.2) is 5.34 Å². The van der Waals surface area contributed by atoms with Crippen LogP contribution >= 0.6 is 0 Å². The Balaban J connectivity index is 2.07. The second kappa shape index (κ2) is 4.22. The van der Waals surface area contributed by atoms with Crippen molar-refractivity contribution in [3.8, 4) is 0 Å². The van der Waals surface area contributed by atoms with Gasteiger partial charge in [-0.15, -0.1) is 10.4 Å². The lowest BCUT2D eigenvalue weighted by Crippen LogP contribution is -2.29. The molecule has 1 fully saturated rings. The first-order chi connectivity index (χ1) is 4.93. The second-order valence-corrected chi connectivity index (χ2v) is 2.62. The first kappa shape index (κ1) is 7.47. The zero-order chi connectivity index (χ0) is 7.23. The molecule has 0 radical (unpaired) electrons. The SMILES string of the molecule is O=NONC1CCCCC1. The van der Waals surface area contributed by atoms with Gasteiger partial charge < -0.3 is 0 Å². The molecule has 0 atom stereocenters. The van der Waals surface area contributed by atoms with E-state index in [-0.39, 0.29) is 0 Å². The van der Waals surface area contributed by atoms with Crippen LogP contribution in [0.2, 0.25) is 0 Å². The summed E-state index contributed by atoms with van der Waals surface area (Å²) in [7, 11) is 0. The Hall–Kier alpha value is -0.640. The zero-order valence-corrected chi connectivity index (χ0v) is 5.88. The van der Waals surface area contributed by atoms with Gasteiger partial charge in [-0.3, -0.25) is 4.94 Å². The quantitative estimate of drug-likeness (QED) is 0.482. The molecule has 0 bridgehead atoms. The Kier molecular flexibility index (Phi) is 3.15. The molecule has 0 saturated heterocycles. The number of hydrogen-bond acceptors (Lipinski definition) is 4. The summed E-state index contributed by atoms with van der Waals surface area (Å²) in [5, 5.41) is 2.27. The van der Waals surface area contributed by atoms with Crippen molar-refractivity contribution in [2.45, 2.75) is 38.1 Å². The molecule has 58 valence electrons. The minimum atomic E-state index is 0.339. The van der Waals surface area contributed by atoms with E-state index in [1.165, 1.54) is 19.3 Å². The molecule has 10 heavy (non-hydrogen) atoms. The van der Waals surface area contributed by atoms with Gasteiger partial charge in [0.25, 0.3) is 0 Å². The maximum Gasteiger partial charge on any atom is 0.176 e. The second-order valence-electron chi connectivity index (χ2n) is 2.62. The summed E-state index contributed by atoms with van der Waals surface area (Å²) < 4.78 is 0. The average molecular weight is 144 g/mol. The Morgan fingerprint density at radius 2 is 2.00 bits per heavy atom. The van der Waals surface area contributed by atoms with E-state index in [0.717, 1.165) is 12.8 Å². The summed E-state index contributed by atoms with van der Waals surface area (Å²) in [6.45, 7) is 0. The first-order valence-corrected chi connectivity index (χ1v) is 3.67. The van der Waals surface area contributed by atoms with Gasteiger partial charge >= 0.3 is 0 Å². The summed E-state index contributed by atoms with van der Waals surface area (Å²) in [5.41, 5.74) is 2.59. The van der Waals surface area contributed by atoms with Gasteiger partial charge in [0.1, 0.15) is 0 Å². The molecule has 0 spiro atoms. The van der Waals surface area contributed by atoms with Crippen molar-refractivity contribution in [3.05, 3.63) is 4.91 Å². The molecule has 0 amide bonds. The zero-order valence-electron chi connectivity index (χ0n) is 5.88. The highest BCUT2D eigenvalue weighted by Gasteiger charge is 2.12. The monoisotopic (exact) mass is 144 g/mol. The van der Waals surface area contributed by atoms with E-state index in [9.17, 15) is 4.91 Å². The third-order valence-electron chi connectivity index (χ3n) is 1.86.